The minimum absolute atomic E-state index is 0.0343. The number of nitrogens with zero attached hydrogens (tertiary/aromatic N) is 3. The Morgan fingerprint density at radius 3 is 1.77 bits per heavy atom. The van der Waals surface area contributed by atoms with Gasteiger partial charge in [0.15, 0.2) is 24.8 Å². The van der Waals surface area contributed by atoms with Crippen molar-refractivity contribution in [3.63, 3.8) is 0 Å². The summed E-state index contributed by atoms with van der Waals surface area (Å²) in [5.74, 6) is -1.05. The smallest absolute Gasteiger partial charge is 0.338 e. The number of carbonyl (C=O) groups is 2. The highest BCUT2D eigenvalue weighted by Gasteiger charge is 2.56. The van der Waals surface area contributed by atoms with Crippen LogP contribution in [0, 0.1) is 0 Å². The first kappa shape index (κ1) is 46.8. The molecule has 7 rings (SSSR count). The van der Waals surface area contributed by atoms with E-state index >= 15 is 0 Å². The molecule has 2 aliphatic heterocycles. The van der Waals surface area contributed by atoms with Crippen LogP contribution in [-0.2, 0) is 73.9 Å². The standard InChI is InChI=1S/C49H51N3O13/c1-56-37-25-23-35(24-26-37)27-58-31-38-41(42(39(51-52-50)48(57-2)62-38)59-28-32-15-7-3-8-16-32)64-49-45(63-46(54)36-21-13-6-14-22-36)43(60-29-33-17-9-4-10-18-33)40(53)44(65-49)47(55)61-30-34-19-11-5-12-20-34/h3-26,38-45,48-49,53H,27-31H2,1-2H3/t38-,39-,40+,41-,42-,43+,44+,45-,48+,49-/m1/s1. The molecule has 0 unspecified atom stereocenters. The minimum Gasteiger partial charge on any atom is -0.497 e. The van der Waals surface area contributed by atoms with Gasteiger partial charge in [-0.25, -0.2) is 9.59 Å². The molecule has 10 atom stereocenters. The maximum absolute atomic E-state index is 14.0. The zero-order valence-corrected chi connectivity index (χ0v) is 35.9. The Kier molecular flexibility index (Phi) is 17.0. The highest BCUT2D eigenvalue weighted by atomic mass is 16.8. The van der Waals surface area contributed by atoms with Gasteiger partial charge in [0, 0.05) is 12.0 Å². The molecule has 0 radical (unpaired) electrons. The van der Waals surface area contributed by atoms with Gasteiger partial charge in [0.25, 0.3) is 0 Å². The van der Waals surface area contributed by atoms with Crippen LogP contribution in [0.1, 0.15) is 32.6 Å². The van der Waals surface area contributed by atoms with Gasteiger partial charge in [-0.2, -0.15) is 0 Å². The Hall–Kier alpha value is -6.17. The molecule has 5 aromatic rings. The van der Waals surface area contributed by atoms with Crippen LogP contribution in [0.5, 0.6) is 5.75 Å². The first-order valence-electron chi connectivity index (χ1n) is 21.0. The number of hydrogen-bond acceptors (Lipinski definition) is 14. The SMILES string of the molecule is COc1ccc(COC[C@H]2O[C@H](OC)[C@H](N=[N+]=[N-])[C@@H](OCc3ccccc3)[C@@H]2O[C@@H]2O[C@H](C(=O)OCc3ccccc3)[C@@H](O)[C@H](OCc3ccccc3)[C@H]2OC(=O)c2ccccc2)cc1. The van der Waals surface area contributed by atoms with Crippen LogP contribution in [-0.4, -0.2) is 99.2 Å². The number of esters is 2. The fourth-order valence-electron chi connectivity index (χ4n) is 7.48. The van der Waals surface area contributed by atoms with Crippen LogP contribution in [0.15, 0.2) is 151 Å². The molecule has 16 nitrogen and oxygen atoms in total. The van der Waals surface area contributed by atoms with Crippen LogP contribution in [0.2, 0.25) is 0 Å². The number of hydrogen-bond donors (Lipinski definition) is 1. The number of carbonyl (C=O) groups excluding carboxylic acids is 2. The molecule has 0 spiro atoms. The molecule has 65 heavy (non-hydrogen) atoms. The van der Waals surface area contributed by atoms with E-state index < -0.39 is 73.3 Å². The van der Waals surface area contributed by atoms with Crippen molar-refractivity contribution in [2.24, 2.45) is 5.11 Å². The number of rotatable bonds is 20. The van der Waals surface area contributed by atoms with Gasteiger partial charge in [0.2, 0.25) is 0 Å². The lowest BCUT2D eigenvalue weighted by Crippen LogP contribution is -2.66. The van der Waals surface area contributed by atoms with E-state index in [1.54, 1.807) is 61.7 Å². The van der Waals surface area contributed by atoms with E-state index in [0.717, 1.165) is 16.7 Å². The fraction of sp³-hybridized carbons (Fsp3) is 0.347. The van der Waals surface area contributed by atoms with Crippen molar-refractivity contribution in [3.8, 4) is 5.75 Å². The van der Waals surface area contributed by atoms with Crippen molar-refractivity contribution in [1.29, 1.82) is 0 Å². The molecule has 0 aromatic heterocycles. The average molecular weight is 890 g/mol. The number of aliphatic hydroxyl groups excluding tert-OH is 1. The average Bonchev–Trinajstić information content (AvgIpc) is 3.35. The third-order valence-electron chi connectivity index (χ3n) is 10.8. The number of aliphatic hydroxyl groups is 1. The van der Waals surface area contributed by atoms with Crippen LogP contribution in [0.25, 0.3) is 10.4 Å². The van der Waals surface area contributed by atoms with Gasteiger partial charge in [-0.15, -0.1) is 0 Å². The van der Waals surface area contributed by atoms with Gasteiger partial charge in [0.1, 0.15) is 48.9 Å². The summed E-state index contributed by atoms with van der Waals surface area (Å²) in [5.41, 5.74) is 13.1. The van der Waals surface area contributed by atoms with Gasteiger partial charge in [-0.1, -0.05) is 126 Å². The molecule has 2 heterocycles. The van der Waals surface area contributed by atoms with Crippen molar-refractivity contribution >= 4 is 11.9 Å². The molecule has 0 aliphatic carbocycles. The monoisotopic (exact) mass is 889 g/mol. The lowest BCUT2D eigenvalue weighted by Gasteiger charge is -2.48. The molecule has 2 saturated heterocycles. The lowest BCUT2D eigenvalue weighted by atomic mass is 9.95. The summed E-state index contributed by atoms with van der Waals surface area (Å²) in [6.07, 6.45) is -12.6. The molecule has 1 N–H and O–H groups in total. The zero-order valence-electron chi connectivity index (χ0n) is 35.9. The molecular formula is C49H51N3O13. The number of ether oxygens (including phenoxy) is 10. The highest BCUT2D eigenvalue weighted by Crippen LogP contribution is 2.36. The van der Waals surface area contributed by atoms with Crippen molar-refractivity contribution in [2.45, 2.75) is 87.8 Å². The molecule has 5 aromatic carbocycles. The Bertz CT molecular complexity index is 2270. The molecule has 0 saturated carbocycles. The largest absolute Gasteiger partial charge is 0.497 e. The van der Waals surface area contributed by atoms with Crippen LogP contribution in [0.3, 0.4) is 0 Å². The quantitative estimate of drug-likeness (QED) is 0.0368. The van der Waals surface area contributed by atoms with Gasteiger partial charge >= 0.3 is 11.9 Å². The summed E-state index contributed by atoms with van der Waals surface area (Å²) in [6.45, 7) is -0.132. The van der Waals surface area contributed by atoms with E-state index in [4.69, 9.17) is 47.4 Å². The fourth-order valence-corrected chi connectivity index (χ4v) is 7.48. The number of methoxy groups -OCH3 is 2. The van der Waals surface area contributed by atoms with E-state index in [2.05, 4.69) is 10.0 Å². The van der Waals surface area contributed by atoms with Crippen LogP contribution >= 0.6 is 0 Å². The number of benzene rings is 5. The van der Waals surface area contributed by atoms with Crippen molar-refractivity contribution in [1.82, 2.24) is 0 Å². The molecule has 16 heteroatoms. The molecule has 340 valence electrons. The van der Waals surface area contributed by atoms with Crippen molar-refractivity contribution < 1.29 is 62.1 Å². The third kappa shape index (κ3) is 12.6. The predicted molar refractivity (Wildman–Crippen MR) is 233 cm³/mol. The lowest BCUT2D eigenvalue weighted by molar-refractivity contribution is -0.348. The summed E-state index contributed by atoms with van der Waals surface area (Å²) in [4.78, 5) is 31.1. The topological polar surface area (TPSA) is 195 Å². The Morgan fingerprint density at radius 1 is 0.646 bits per heavy atom. The van der Waals surface area contributed by atoms with Gasteiger partial charge in [-0.05, 0) is 52.1 Å². The molecule has 0 amide bonds. The molecule has 0 bridgehead atoms. The van der Waals surface area contributed by atoms with Crippen LogP contribution < -0.4 is 4.74 Å². The third-order valence-corrected chi connectivity index (χ3v) is 10.8. The van der Waals surface area contributed by atoms with E-state index in [1.807, 2.05) is 91.0 Å². The van der Waals surface area contributed by atoms with E-state index in [1.165, 1.54) is 7.11 Å². The maximum atomic E-state index is 14.0. The van der Waals surface area contributed by atoms with E-state index in [9.17, 15) is 20.2 Å². The second-order valence-corrected chi connectivity index (χ2v) is 15.2. The van der Waals surface area contributed by atoms with E-state index in [-0.39, 0.29) is 38.6 Å². The first-order valence-corrected chi connectivity index (χ1v) is 21.0. The minimum atomic E-state index is -1.74. The van der Waals surface area contributed by atoms with Gasteiger partial charge < -0.3 is 52.5 Å². The summed E-state index contributed by atoms with van der Waals surface area (Å²) >= 11 is 0. The van der Waals surface area contributed by atoms with E-state index in [0.29, 0.717) is 11.3 Å². The summed E-state index contributed by atoms with van der Waals surface area (Å²) in [5, 5.41) is 16.1. The first-order chi connectivity index (χ1) is 31.8. The Labute approximate surface area is 376 Å². The second-order valence-electron chi connectivity index (χ2n) is 15.2. The predicted octanol–water partition coefficient (Wildman–Crippen LogP) is 6.87. The van der Waals surface area contributed by atoms with Gasteiger partial charge in [0.05, 0.1) is 39.1 Å². The molecule has 2 aliphatic rings. The van der Waals surface area contributed by atoms with Crippen LogP contribution in [0.4, 0.5) is 0 Å². The normalized spacial score (nSPS) is 25.2. The summed E-state index contributed by atoms with van der Waals surface area (Å²) < 4.78 is 61.8. The highest BCUT2D eigenvalue weighted by molar-refractivity contribution is 5.89. The number of azide groups is 1. The Morgan fingerprint density at radius 2 is 1.20 bits per heavy atom. The molecule has 2 fully saturated rings. The van der Waals surface area contributed by atoms with Gasteiger partial charge in [-0.3, -0.25) is 0 Å². The Balaban J connectivity index is 1.27. The summed E-state index contributed by atoms with van der Waals surface area (Å²) in [7, 11) is 2.98. The van der Waals surface area contributed by atoms with Crippen molar-refractivity contribution in [3.05, 3.63) is 184 Å². The molecular weight excluding hydrogens is 839 g/mol. The second kappa shape index (κ2) is 23.7. The maximum Gasteiger partial charge on any atom is 0.338 e. The summed E-state index contributed by atoms with van der Waals surface area (Å²) in [6, 6.07) is 41.9. The zero-order chi connectivity index (χ0) is 45.4. The van der Waals surface area contributed by atoms with Crippen molar-refractivity contribution in [2.75, 3.05) is 20.8 Å².